The molecule has 5 rings (SSSR count). The zero-order valence-electron chi connectivity index (χ0n) is 14.5. The van der Waals surface area contributed by atoms with Gasteiger partial charge in [0.25, 0.3) is 5.91 Å². The molecule has 3 N–H and O–H groups in total. The number of aromatic amines is 1. The normalized spacial score (nSPS) is 18.4. The SMILES string of the molecule is COCCOc1cccc2[nH]c3c4c(c5c(c3c12)C(=O)NC5O)CCC4. The summed E-state index contributed by atoms with van der Waals surface area (Å²) >= 11 is 0. The van der Waals surface area contributed by atoms with E-state index in [1.165, 1.54) is 5.56 Å². The van der Waals surface area contributed by atoms with Crippen LogP contribution in [0.15, 0.2) is 18.2 Å². The number of methoxy groups -OCH3 is 1. The molecule has 1 aliphatic heterocycles. The van der Waals surface area contributed by atoms with Crippen molar-refractivity contribution in [3.63, 3.8) is 0 Å². The molecular formula is C20H20N2O4. The average Bonchev–Trinajstić information content (AvgIpc) is 3.30. The van der Waals surface area contributed by atoms with Crippen LogP contribution in [0.25, 0.3) is 21.8 Å². The molecule has 1 aromatic heterocycles. The Labute approximate surface area is 150 Å². The molecule has 2 heterocycles. The van der Waals surface area contributed by atoms with E-state index in [1.54, 1.807) is 7.11 Å². The van der Waals surface area contributed by atoms with E-state index in [0.29, 0.717) is 18.8 Å². The summed E-state index contributed by atoms with van der Waals surface area (Å²) in [5, 5.41) is 14.9. The standard InChI is InChI=1S/C20H20N2O4/c1-25-8-9-26-13-7-3-6-12-15(13)16-17-14(19(23)22-20(17)24)10-4-2-5-11(10)18(16)21-12/h3,6-7,19,21,23H,2,4-5,8-9H2,1H3,(H,22,24). The topological polar surface area (TPSA) is 83.6 Å². The summed E-state index contributed by atoms with van der Waals surface area (Å²) in [6.45, 7) is 0.926. The number of ether oxygens (including phenoxy) is 2. The Hall–Kier alpha value is -2.57. The van der Waals surface area contributed by atoms with Crippen molar-refractivity contribution in [2.75, 3.05) is 20.3 Å². The van der Waals surface area contributed by atoms with Gasteiger partial charge in [0.1, 0.15) is 12.4 Å². The molecule has 0 bridgehead atoms. The van der Waals surface area contributed by atoms with Gasteiger partial charge in [0.15, 0.2) is 6.23 Å². The number of aromatic nitrogens is 1. The van der Waals surface area contributed by atoms with Gasteiger partial charge in [-0.1, -0.05) is 6.07 Å². The quantitative estimate of drug-likeness (QED) is 0.630. The van der Waals surface area contributed by atoms with Crippen molar-refractivity contribution >= 4 is 27.7 Å². The van der Waals surface area contributed by atoms with Crippen LogP contribution in [0, 0.1) is 0 Å². The number of aliphatic hydroxyl groups excluding tert-OH is 1. The van der Waals surface area contributed by atoms with Crippen LogP contribution in [0.1, 0.15) is 39.7 Å². The molecule has 0 saturated heterocycles. The molecule has 1 aliphatic carbocycles. The molecule has 134 valence electrons. The van der Waals surface area contributed by atoms with Gasteiger partial charge in [0.2, 0.25) is 0 Å². The molecule has 2 aliphatic rings. The van der Waals surface area contributed by atoms with E-state index >= 15 is 0 Å². The summed E-state index contributed by atoms with van der Waals surface area (Å²) in [5.41, 5.74) is 5.61. The van der Waals surface area contributed by atoms with Crippen molar-refractivity contribution in [2.45, 2.75) is 25.5 Å². The van der Waals surface area contributed by atoms with Gasteiger partial charge in [-0.25, -0.2) is 0 Å². The lowest BCUT2D eigenvalue weighted by atomic mass is 9.93. The number of nitrogens with one attached hydrogen (secondary N) is 2. The first-order valence-corrected chi connectivity index (χ1v) is 8.93. The number of fused-ring (bicyclic) bond motifs is 8. The van der Waals surface area contributed by atoms with E-state index in [1.807, 2.05) is 18.2 Å². The number of aryl methyl sites for hydroxylation is 1. The lowest BCUT2D eigenvalue weighted by molar-refractivity contribution is 0.0850. The Morgan fingerprint density at radius 2 is 2.04 bits per heavy atom. The van der Waals surface area contributed by atoms with Crippen LogP contribution in [0.2, 0.25) is 0 Å². The highest BCUT2D eigenvalue weighted by Gasteiger charge is 2.36. The van der Waals surface area contributed by atoms with E-state index in [9.17, 15) is 9.90 Å². The molecule has 26 heavy (non-hydrogen) atoms. The third kappa shape index (κ3) is 2.03. The maximum atomic E-state index is 12.7. The van der Waals surface area contributed by atoms with E-state index < -0.39 is 6.23 Å². The number of rotatable bonds is 4. The van der Waals surface area contributed by atoms with Crippen molar-refractivity contribution in [2.24, 2.45) is 0 Å². The Morgan fingerprint density at radius 3 is 2.88 bits per heavy atom. The number of H-pyrrole nitrogens is 1. The number of hydrogen-bond donors (Lipinski definition) is 3. The molecule has 0 radical (unpaired) electrons. The van der Waals surface area contributed by atoms with Crippen LogP contribution in [-0.4, -0.2) is 36.3 Å². The van der Waals surface area contributed by atoms with E-state index in [0.717, 1.165) is 57.9 Å². The summed E-state index contributed by atoms with van der Waals surface area (Å²) in [5.74, 6) is 0.500. The number of hydrogen-bond acceptors (Lipinski definition) is 4. The summed E-state index contributed by atoms with van der Waals surface area (Å²) in [6, 6.07) is 5.85. The van der Waals surface area contributed by atoms with Gasteiger partial charge in [-0.3, -0.25) is 4.79 Å². The fourth-order valence-electron chi connectivity index (χ4n) is 4.46. The minimum absolute atomic E-state index is 0.222. The minimum Gasteiger partial charge on any atom is -0.490 e. The van der Waals surface area contributed by atoms with Gasteiger partial charge in [0, 0.05) is 18.1 Å². The lowest BCUT2D eigenvalue weighted by Crippen LogP contribution is -2.18. The summed E-state index contributed by atoms with van der Waals surface area (Å²) < 4.78 is 11.0. The zero-order valence-corrected chi connectivity index (χ0v) is 14.5. The Balaban J connectivity index is 1.86. The minimum atomic E-state index is -0.930. The molecular weight excluding hydrogens is 332 g/mol. The number of aliphatic hydroxyl groups is 1. The second-order valence-corrected chi connectivity index (χ2v) is 6.87. The van der Waals surface area contributed by atoms with Crippen LogP contribution < -0.4 is 10.1 Å². The first kappa shape index (κ1) is 15.7. The van der Waals surface area contributed by atoms with Gasteiger partial charge in [-0.15, -0.1) is 0 Å². The maximum absolute atomic E-state index is 12.7. The number of carbonyl (C=O) groups is 1. The fraction of sp³-hybridized carbons (Fsp3) is 0.350. The van der Waals surface area contributed by atoms with Gasteiger partial charge in [-0.2, -0.15) is 0 Å². The van der Waals surface area contributed by atoms with Crippen LogP contribution in [0.4, 0.5) is 0 Å². The van der Waals surface area contributed by atoms with Crippen LogP contribution >= 0.6 is 0 Å². The van der Waals surface area contributed by atoms with Gasteiger partial charge in [0.05, 0.1) is 28.6 Å². The fourth-order valence-corrected chi connectivity index (χ4v) is 4.46. The van der Waals surface area contributed by atoms with E-state index in [-0.39, 0.29) is 5.91 Å². The van der Waals surface area contributed by atoms with Gasteiger partial charge >= 0.3 is 0 Å². The molecule has 0 fully saturated rings. The van der Waals surface area contributed by atoms with Crippen LogP contribution in [-0.2, 0) is 17.6 Å². The molecule has 2 aromatic carbocycles. The van der Waals surface area contributed by atoms with Crippen molar-refractivity contribution in [1.29, 1.82) is 0 Å². The van der Waals surface area contributed by atoms with Crippen molar-refractivity contribution < 1.29 is 19.4 Å². The molecule has 3 aromatic rings. The van der Waals surface area contributed by atoms with Crippen molar-refractivity contribution in [3.05, 3.63) is 40.5 Å². The van der Waals surface area contributed by atoms with E-state index in [2.05, 4.69) is 10.3 Å². The molecule has 1 unspecified atom stereocenters. The second-order valence-electron chi connectivity index (χ2n) is 6.87. The number of amides is 1. The van der Waals surface area contributed by atoms with Crippen molar-refractivity contribution in [1.82, 2.24) is 10.3 Å². The first-order valence-electron chi connectivity index (χ1n) is 8.93. The maximum Gasteiger partial charge on any atom is 0.254 e. The molecule has 6 nitrogen and oxygen atoms in total. The predicted molar refractivity (Wildman–Crippen MR) is 97.6 cm³/mol. The smallest absolute Gasteiger partial charge is 0.254 e. The Bertz CT molecular complexity index is 1050. The van der Waals surface area contributed by atoms with Crippen LogP contribution in [0.5, 0.6) is 5.75 Å². The lowest BCUT2D eigenvalue weighted by Gasteiger charge is -2.12. The Morgan fingerprint density at radius 1 is 1.19 bits per heavy atom. The van der Waals surface area contributed by atoms with Gasteiger partial charge in [-0.05, 0) is 42.5 Å². The summed E-state index contributed by atoms with van der Waals surface area (Å²) in [7, 11) is 1.64. The van der Waals surface area contributed by atoms with Gasteiger partial charge < -0.3 is 24.9 Å². The van der Waals surface area contributed by atoms with Crippen molar-refractivity contribution in [3.8, 4) is 5.75 Å². The number of carbonyl (C=O) groups excluding carboxylic acids is 1. The largest absolute Gasteiger partial charge is 0.490 e. The number of benzene rings is 2. The molecule has 1 atom stereocenters. The molecule has 6 heteroatoms. The highest BCUT2D eigenvalue weighted by molar-refractivity contribution is 6.22. The molecule has 0 spiro atoms. The average molecular weight is 352 g/mol. The monoisotopic (exact) mass is 352 g/mol. The van der Waals surface area contributed by atoms with Crippen LogP contribution in [0.3, 0.4) is 0 Å². The highest BCUT2D eigenvalue weighted by Crippen LogP contribution is 2.45. The summed E-state index contributed by atoms with van der Waals surface area (Å²) in [4.78, 5) is 16.2. The predicted octanol–water partition coefficient (Wildman–Crippen LogP) is 2.57. The molecule has 0 saturated carbocycles. The summed E-state index contributed by atoms with van der Waals surface area (Å²) in [6.07, 6.45) is 1.95. The zero-order chi connectivity index (χ0) is 17.8. The third-order valence-electron chi connectivity index (χ3n) is 5.46. The first-order chi connectivity index (χ1) is 12.7. The second kappa shape index (κ2) is 5.72. The Kier molecular flexibility index (Phi) is 3.45. The molecule has 1 amide bonds. The highest BCUT2D eigenvalue weighted by atomic mass is 16.5. The third-order valence-corrected chi connectivity index (χ3v) is 5.46. The van der Waals surface area contributed by atoms with E-state index in [4.69, 9.17) is 9.47 Å².